The number of rotatable bonds is 6. The van der Waals surface area contributed by atoms with Gasteiger partial charge in [-0.15, -0.1) is 0 Å². The van der Waals surface area contributed by atoms with Gasteiger partial charge in [-0.05, 0) is 36.4 Å². The van der Waals surface area contributed by atoms with Gasteiger partial charge in [-0.3, -0.25) is 0 Å². The summed E-state index contributed by atoms with van der Waals surface area (Å²) in [5.74, 6) is 0. The Labute approximate surface area is 108 Å². The minimum absolute atomic E-state index is 0.655. The van der Waals surface area contributed by atoms with Crippen molar-refractivity contribution in [2.24, 2.45) is 0 Å². The lowest BCUT2D eigenvalue weighted by Crippen LogP contribution is -2.10. The third-order valence-corrected chi connectivity index (χ3v) is 18.1. The first-order valence-electron chi connectivity index (χ1n) is 3.42. The van der Waals surface area contributed by atoms with Gasteiger partial charge in [0.1, 0.15) is 18.7 Å². The summed E-state index contributed by atoms with van der Waals surface area (Å²) in [6.07, 6.45) is 0. The minimum Gasteiger partial charge on any atom is -0.370 e. The normalized spacial score (nSPS) is 21.6. The minimum atomic E-state index is -2.17. The van der Waals surface area contributed by atoms with Crippen molar-refractivity contribution in [1.82, 2.24) is 0 Å². The maximum absolute atomic E-state index is 9.49. The van der Waals surface area contributed by atoms with Crippen molar-refractivity contribution in [3.05, 3.63) is 0 Å². The molecule has 0 aliphatic carbocycles. The molecule has 15 heavy (non-hydrogen) atoms. The Morgan fingerprint density at radius 1 is 1.13 bits per heavy atom. The molecule has 0 saturated carbocycles. The van der Waals surface area contributed by atoms with Gasteiger partial charge in [0, 0.05) is 0 Å². The van der Waals surface area contributed by atoms with Crippen molar-refractivity contribution in [2.45, 2.75) is 17.5 Å². The summed E-state index contributed by atoms with van der Waals surface area (Å²) in [5.41, 5.74) is 0. The zero-order chi connectivity index (χ0) is 12.2. The Balaban J connectivity index is 4.25. The Morgan fingerprint density at radius 2 is 1.60 bits per heavy atom. The lowest BCUT2D eigenvalue weighted by molar-refractivity contribution is 0.232. The summed E-state index contributed by atoms with van der Waals surface area (Å²) >= 11 is 1.93. The van der Waals surface area contributed by atoms with Gasteiger partial charge in [0.2, 0.25) is 8.06 Å². The first-order chi connectivity index (χ1) is 6.69. The van der Waals surface area contributed by atoms with Crippen LogP contribution in [0.1, 0.15) is 13.8 Å². The average molecular weight is 426 g/mol. The van der Waals surface area contributed by atoms with E-state index in [1.54, 1.807) is 13.8 Å². The van der Waals surface area contributed by atoms with Gasteiger partial charge < -0.3 is 29.0 Å². The molecule has 0 aliphatic heterocycles. The summed E-state index contributed by atoms with van der Waals surface area (Å²) in [5, 5.41) is 0. The van der Waals surface area contributed by atoms with Crippen molar-refractivity contribution in [3.8, 4) is 0 Å². The van der Waals surface area contributed by atoms with E-state index in [1.165, 1.54) is 0 Å². The van der Waals surface area contributed by atoms with Crippen molar-refractivity contribution in [3.63, 3.8) is 0 Å². The van der Waals surface area contributed by atoms with Crippen LogP contribution in [0.4, 0.5) is 0 Å². The lowest BCUT2D eigenvalue weighted by atomic mass is 10.5. The summed E-state index contributed by atoms with van der Waals surface area (Å²) in [6.45, 7) is 3.38. The van der Waals surface area contributed by atoms with Crippen LogP contribution in [0.2, 0.25) is 0 Å². The lowest BCUT2D eigenvalue weighted by Gasteiger charge is -2.27. The quantitative estimate of drug-likeness (QED) is 0.254. The maximum Gasteiger partial charge on any atom is 0.230 e. The second-order valence-corrected chi connectivity index (χ2v) is 19.4. The Bertz CT molecular complexity index is 190. The van der Waals surface area contributed by atoms with E-state index in [1.807, 2.05) is 22.6 Å². The van der Waals surface area contributed by atoms with Crippen LogP contribution in [0.3, 0.4) is 0 Å². The highest BCUT2D eigenvalue weighted by Crippen LogP contribution is 2.95. The van der Waals surface area contributed by atoms with E-state index in [-0.39, 0.29) is 0 Å². The summed E-state index contributed by atoms with van der Waals surface area (Å²) in [4.78, 5) is 46.1. The van der Waals surface area contributed by atoms with Crippen molar-refractivity contribution in [1.29, 1.82) is 0 Å². The van der Waals surface area contributed by atoms with Gasteiger partial charge in [0.15, 0.2) is 7.53 Å². The van der Waals surface area contributed by atoms with Gasteiger partial charge in [-0.2, -0.15) is 0 Å². The number of alkyl halides is 1. The van der Waals surface area contributed by atoms with Gasteiger partial charge in [0.25, 0.3) is 0 Å². The molecule has 0 aromatic rings. The molecule has 0 fully saturated rings. The molecule has 0 rings (SSSR count). The van der Waals surface area contributed by atoms with Crippen LogP contribution >= 0.6 is 61.7 Å². The van der Waals surface area contributed by atoms with Crippen molar-refractivity contribution < 1.29 is 29.0 Å². The Hall–Kier alpha value is 2.64. The first-order valence-corrected chi connectivity index (χ1v) is 13.5. The molecule has 5 N–H and O–H groups in total. The summed E-state index contributed by atoms with van der Waals surface area (Å²) in [7, 11) is -9.30. The van der Waals surface area contributed by atoms with Crippen LogP contribution in [0, 0.1) is 0 Å². The molecule has 0 heterocycles. The molecule has 5 unspecified atom stereocenters. The van der Waals surface area contributed by atoms with Crippen LogP contribution in [0.15, 0.2) is 0 Å². The molecule has 0 saturated heterocycles. The van der Waals surface area contributed by atoms with Crippen molar-refractivity contribution >= 4 is 61.7 Å². The molecule has 5 atom stereocenters. The van der Waals surface area contributed by atoms with Crippen LogP contribution < -0.4 is 0 Å². The first kappa shape index (κ1) is 17.6. The molecular formula is C3H12IO6P5. The predicted octanol–water partition coefficient (Wildman–Crippen LogP) is 2.89. The predicted molar refractivity (Wildman–Crippen MR) is 76.3 cm³/mol. The molecule has 12 heteroatoms. The van der Waals surface area contributed by atoms with Crippen LogP contribution in [0.5, 0.6) is 0 Å². The highest BCUT2D eigenvalue weighted by atomic mass is 127. The number of hydrogen-bond acceptors (Lipinski definition) is 6. The zero-order valence-electron chi connectivity index (χ0n) is 7.81. The maximum atomic E-state index is 9.49. The van der Waals surface area contributed by atoms with Crippen LogP contribution in [-0.4, -0.2) is 28.1 Å². The number of hydrogen-bond donors (Lipinski definition) is 5. The molecule has 0 amide bonds. The smallest absolute Gasteiger partial charge is 0.230 e. The van der Waals surface area contributed by atoms with Crippen LogP contribution in [0.25, 0.3) is 0 Å². The van der Waals surface area contributed by atoms with Crippen molar-refractivity contribution in [2.75, 3.05) is 0 Å². The van der Waals surface area contributed by atoms with Gasteiger partial charge in [-0.25, -0.2) is 0 Å². The molecule has 0 bridgehead atoms. The fraction of sp³-hybridized carbons (Fsp3) is 1.00. The average Bonchev–Trinajstić information content (AvgIpc) is 2.11. The summed E-state index contributed by atoms with van der Waals surface area (Å²) in [6, 6.07) is 0. The van der Waals surface area contributed by atoms with E-state index in [0.29, 0.717) is 0 Å². The van der Waals surface area contributed by atoms with Crippen LogP contribution in [-0.2, 0) is 4.52 Å². The van der Waals surface area contributed by atoms with E-state index in [2.05, 4.69) is 0 Å². The van der Waals surface area contributed by atoms with Gasteiger partial charge in [-0.1, -0.05) is 0 Å². The SMILES string of the molecule is CC(C)(I)OP(O)P(O)P(O)P(O)PO. The molecule has 0 aromatic heterocycles. The van der Waals surface area contributed by atoms with Gasteiger partial charge >= 0.3 is 0 Å². The largest absolute Gasteiger partial charge is 0.370 e. The molecule has 0 radical (unpaired) electrons. The zero-order valence-corrected chi connectivity index (χ0v) is 14.5. The monoisotopic (exact) mass is 426 g/mol. The fourth-order valence-corrected chi connectivity index (χ4v) is 17.1. The standard InChI is InChI=1S/C3H12IO6P5/c1-3(2,4)10-12(6)14(8)15(9)13(7)11-5/h5-9,11H,1-2H3. The van der Waals surface area contributed by atoms with E-state index in [4.69, 9.17) is 14.3 Å². The molecule has 6 nitrogen and oxygen atoms in total. The van der Waals surface area contributed by atoms with E-state index >= 15 is 0 Å². The Kier molecular flexibility index (Phi) is 9.34. The molecule has 0 aliphatic rings. The topological polar surface area (TPSA) is 110 Å². The molecular weight excluding hydrogens is 414 g/mol. The Morgan fingerprint density at radius 3 is 1.93 bits per heavy atom. The molecule has 0 spiro atoms. The third-order valence-electron chi connectivity index (χ3n) is 0.871. The second kappa shape index (κ2) is 7.94. The van der Waals surface area contributed by atoms with Gasteiger partial charge in [0.05, 0.1) is 8.50 Å². The highest BCUT2D eigenvalue weighted by Gasteiger charge is 2.36. The highest BCUT2D eigenvalue weighted by molar-refractivity contribution is 14.1. The summed E-state index contributed by atoms with van der Waals surface area (Å²) < 4.78 is 4.42. The molecule has 0 aromatic carbocycles. The third kappa shape index (κ3) is 7.62. The molecule has 92 valence electrons. The number of halogens is 1. The van der Waals surface area contributed by atoms with E-state index < -0.39 is 42.7 Å². The fourth-order valence-electron chi connectivity index (χ4n) is 0.415. The second-order valence-electron chi connectivity index (χ2n) is 2.63. The van der Waals surface area contributed by atoms with E-state index in [9.17, 15) is 14.7 Å². The van der Waals surface area contributed by atoms with E-state index in [0.717, 1.165) is 0 Å².